The number of nitrogens with zero attached hydrogens (tertiary/aromatic N) is 1. The second kappa shape index (κ2) is 15.1. The molecule has 9 nitrogen and oxygen atoms in total. The summed E-state index contributed by atoms with van der Waals surface area (Å²) in [6, 6.07) is 17.5. The van der Waals surface area contributed by atoms with E-state index < -0.39 is 45.6 Å². The van der Waals surface area contributed by atoms with Crippen LogP contribution in [0.25, 0.3) is 0 Å². The molecule has 0 aromatic heterocycles. The summed E-state index contributed by atoms with van der Waals surface area (Å²) in [5.41, 5.74) is 0.984. The zero-order valence-electron chi connectivity index (χ0n) is 25.4. The van der Waals surface area contributed by atoms with Gasteiger partial charge in [-0.3, -0.25) is 4.79 Å². The molecule has 1 saturated carbocycles. The monoisotopic (exact) mass is 654 g/mol. The van der Waals surface area contributed by atoms with Crippen LogP contribution in [0.1, 0.15) is 55.6 Å². The van der Waals surface area contributed by atoms with Crippen LogP contribution < -0.4 is 16.0 Å². The Kier molecular flexibility index (Phi) is 11.0. The summed E-state index contributed by atoms with van der Waals surface area (Å²) in [5.74, 6) is -2.30. The van der Waals surface area contributed by atoms with E-state index in [-0.39, 0.29) is 22.9 Å². The van der Waals surface area contributed by atoms with Crippen LogP contribution >= 0.6 is 0 Å². The fraction of sp³-hybridized carbons (Fsp3) is 0.412. The number of halogens is 2. The maximum atomic E-state index is 14.0. The number of benzene rings is 3. The number of carbonyl (C=O) groups is 2. The van der Waals surface area contributed by atoms with Crippen molar-refractivity contribution < 1.29 is 31.9 Å². The van der Waals surface area contributed by atoms with Crippen LogP contribution in [0.4, 0.5) is 13.6 Å². The van der Waals surface area contributed by atoms with Crippen molar-refractivity contribution in [1.82, 2.24) is 20.3 Å². The summed E-state index contributed by atoms with van der Waals surface area (Å²) in [6.07, 6.45) is 3.26. The molecule has 5 rings (SSSR count). The van der Waals surface area contributed by atoms with E-state index in [4.69, 9.17) is 0 Å². The van der Waals surface area contributed by atoms with Crippen molar-refractivity contribution in [2.45, 2.75) is 67.5 Å². The van der Waals surface area contributed by atoms with Gasteiger partial charge in [0, 0.05) is 37.6 Å². The molecule has 1 aliphatic heterocycles. The molecule has 3 aromatic carbocycles. The molecule has 1 saturated heterocycles. The number of carboxylic acid groups (broad SMARTS) is 1. The first kappa shape index (κ1) is 33.5. The Morgan fingerprint density at radius 3 is 2.11 bits per heavy atom. The molecule has 4 N–H and O–H groups in total. The van der Waals surface area contributed by atoms with Gasteiger partial charge in [-0.15, -0.1) is 0 Å². The van der Waals surface area contributed by atoms with Gasteiger partial charge in [0.05, 0.1) is 4.90 Å². The second-order valence-corrected chi connectivity index (χ2v) is 13.9. The zero-order chi connectivity index (χ0) is 32.7. The summed E-state index contributed by atoms with van der Waals surface area (Å²) in [6.45, 7) is 1.45. The van der Waals surface area contributed by atoms with Gasteiger partial charge >= 0.3 is 6.09 Å². The lowest BCUT2D eigenvalue weighted by molar-refractivity contribution is -0.124. The normalized spacial score (nSPS) is 21.4. The first-order valence-electron chi connectivity index (χ1n) is 15.7. The van der Waals surface area contributed by atoms with Crippen LogP contribution in [0.5, 0.6) is 0 Å². The predicted octanol–water partition coefficient (Wildman–Crippen LogP) is 4.85. The number of hydrogen-bond donors (Lipinski definition) is 4. The number of rotatable bonds is 11. The third kappa shape index (κ3) is 8.09. The number of sulfonamides is 1. The molecular formula is C34H40F2N4O5S. The van der Waals surface area contributed by atoms with E-state index in [2.05, 4.69) is 16.0 Å². The molecule has 2 fully saturated rings. The molecule has 12 heteroatoms. The summed E-state index contributed by atoms with van der Waals surface area (Å²) in [4.78, 5) is 26.2. The largest absolute Gasteiger partial charge is 0.465 e. The van der Waals surface area contributed by atoms with Crippen molar-refractivity contribution in [1.29, 1.82) is 0 Å². The Labute approximate surface area is 268 Å². The van der Waals surface area contributed by atoms with Gasteiger partial charge in [-0.2, -0.15) is 4.31 Å². The van der Waals surface area contributed by atoms with Gasteiger partial charge < -0.3 is 21.1 Å². The van der Waals surface area contributed by atoms with Crippen molar-refractivity contribution in [2.75, 3.05) is 19.6 Å². The van der Waals surface area contributed by atoms with Crippen LogP contribution in [0.3, 0.4) is 0 Å². The molecule has 1 heterocycles. The second-order valence-electron chi connectivity index (χ2n) is 12.0. The highest BCUT2D eigenvalue weighted by Gasteiger charge is 2.37. The molecule has 246 valence electrons. The number of nitrogens with one attached hydrogen (secondary N) is 3. The highest BCUT2D eigenvalue weighted by Crippen LogP contribution is 2.33. The Morgan fingerprint density at radius 1 is 0.891 bits per heavy atom. The van der Waals surface area contributed by atoms with E-state index >= 15 is 0 Å². The summed E-state index contributed by atoms with van der Waals surface area (Å²) in [7, 11) is -3.67. The molecule has 4 atom stereocenters. The fourth-order valence-electron chi connectivity index (χ4n) is 6.81. The molecule has 0 radical (unpaired) electrons. The number of carbonyl (C=O) groups excluding carboxylic acids is 1. The molecular weight excluding hydrogens is 614 g/mol. The van der Waals surface area contributed by atoms with E-state index in [1.54, 1.807) is 34.6 Å². The lowest BCUT2D eigenvalue weighted by atomic mass is 9.80. The van der Waals surface area contributed by atoms with Crippen molar-refractivity contribution in [3.63, 3.8) is 0 Å². The Hall–Kier alpha value is -3.87. The number of amides is 2. The summed E-state index contributed by atoms with van der Waals surface area (Å²) >= 11 is 0. The van der Waals surface area contributed by atoms with E-state index in [0.717, 1.165) is 19.3 Å². The first-order chi connectivity index (χ1) is 22.1. The molecule has 2 aliphatic rings. The first-order valence-corrected chi connectivity index (χ1v) is 17.2. The Morgan fingerprint density at radius 2 is 1.50 bits per heavy atom. The van der Waals surface area contributed by atoms with E-state index in [9.17, 15) is 31.9 Å². The van der Waals surface area contributed by atoms with E-state index in [0.29, 0.717) is 50.0 Å². The van der Waals surface area contributed by atoms with Crippen molar-refractivity contribution in [3.05, 3.63) is 102 Å². The third-order valence-corrected chi connectivity index (χ3v) is 11.1. The molecule has 2 amide bonds. The van der Waals surface area contributed by atoms with Crippen LogP contribution in [0.15, 0.2) is 83.8 Å². The van der Waals surface area contributed by atoms with Crippen LogP contribution in [0, 0.1) is 17.6 Å². The third-order valence-electron chi connectivity index (χ3n) is 9.11. The van der Waals surface area contributed by atoms with Gasteiger partial charge in [0.2, 0.25) is 15.9 Å². The van der Waals surface area contributed by atoms with Gasteiger partial charge in [0.25, 0.3) is 0 Å². The van der Waals surface area contributed by atoms with Crippen LogP contribution in [0.2, 0.25) is 0 Å². The van der Waals surface area contributed by atoms with Gasteiger partial charge in [0.1, 0.15) is 17.7 Å². The topological polar surface area (TPSA) is 128 Å². The molecule has 0 spiro atoms. The smallest absolute Gasteiger partial charge is 0.405 e. The van der Waals surface area contributed by atoms with Gasteiger partial charge in [-0.05, 0) is 79.1 Å². The summed E-state index contributed by atoms with van der Waals surface area (Å²) in [5, 5.41) is 18.5. The lowest BCUT2D eigenvalue weighted by Crippen LogP contribution is -2.55. The van der Waals surface area contributed by atoms with E-state index in [1.807, 2.05) is 0 Å². The summed E-state index contributed by atoms with van der Waals surface area (Å²) < 4.78 is 56.2. The number of piperazine rings is 1. The van der Waals surface area contributed by atoms with Crippen molar-refractivity contribution >= 4 is 22.0 Å². The lowest BCUT2D eigenvalue weighted by Gasteiger charge is -2.38. The highest BCUT2D eigenvalue weighted by atomic mass is 32.2. The highest BCUT2D eigenvalue weighted by molar-refractivity contribution is 7.89. The Balaban J connectivity index is 1.34. The van der Waals surface area contributed by atoms with Crippen LogP contribution in [-0.2, 0) is 14.8 Å². The van der Waals surface area contributed by atoms with Gasteiger partial charge in [0.15, 0.2) is 0 Å². The SMILES string of the molecule is O=C(O)NC(C(=O)N[C@H]1CCCC[C@@H]1CCC1CNCCN1S(=O)(=O)c1ccccc1)C(c1ccc(F)cc1)c1ccc(F)cc1. The maximum Gasteiger partial charge on any atom is 0.405 e. The number of hydrogen-bond acceptors (Lipinski definition) is 5. The minimum atomic E-state index is -3.67. The molecule has 2 unspecified atom stereocenters. The Bertz CT molecular complexity index is 1530. The minimum absolute atomic E-state index is 0.0569. The van der Waals surface area contributed by atoms with Gasteiger partial charge in [-0.1, -0.05) is 55.3 Å². The quantitative estimate of drug-likeness (QED) is 0.234. The fourth-order valence-corrected chi connectivity index (χ4v) is 8.48. The molecule has 3 aromatic rings. The predicted molar refractivity (Wildman–Crippen MR) is 170 cm³/mol. The van der Waals surface area contributed by atoms with Crippen molar-refractivity contribution in [2.24, 2.45) is 5.92 Å². The van der Waals surface area contributed by atoms with E-state index in [1.165, 1.54) is 48.5 Å². The molecule has 1 aliphatic carbocycles. The van der Waals surface area contributed by atoms with Gasteiger partial charge in [-0.25, -0.2) is 22.0 Å². The molecule has 0 bridgehead atoms. The minimum Gasteiger partial charge on any atom is -0.465 e. The standard InChI is InChI=1S/C34H40F2N4O5S/c35-26-15-10-24(11-16-26)31(25-12-17-27(36)18-13-25)32(39-34(42)43)33(41)38-30-9-5-4-6-23(30)14-19-28-22-37-20-21-40(28)46(44,45)29-7-2-1-3-8-29/h1-3,7-8,10-13,15-18,23,28,30-32,37,39H,4-6,9,14,19-22H2,(H,38,41)(H,42,43)/t23-,28?,30+,32?/m1/s1. The van der Waals surface area contributed by atoms with Crippen molar-refractivity contribution in [3.8, 4) is 0 Å². The average Bonchev–Trinajstić information content (AvgIpc) is 3.06. The average molecular weight is 655 g/mol. The zero-order valence-corrected chi connectivity index (χ0v) is 26.3. The molecule has 46 heavy (non-hydrogen) atoms. The van der Waals surface area contributed by atoms with Crippen LogP contribution in [-0.4, -0.2) is 67.6 Å². The maximum absolute atomic E-state index is 14.0.